The van der Waals surface area contributed by atoms with Crippen LogP contribution < -0.4 is 0 Å². The molecule has 12 heavy (non-hydrogen) atoms. The topological polar surface area (TPSA) is 46.5 Å². The summed E-state index contributed by atoms with van der Waals surface area (Å²) in [5, 5.41) is 9.07. The molecule has 1 aliphatic carbocycles. The van der Waals surface area contributed by atoms with Crippen molar-refractivity contribution in [2.24, 2.45) is 0 Å². The van der Waals surface area contributed by atoms with Gasteiger partial charge >= 0.3 is 5.97 Å². The summed E-state index contributed by atoms with van der Waals surface area (Å²) in [6.45, 7) is 1.15. The zero-order valence-electron chi connectivity index (χ0n) is 7.00. The van der Waals surface area contributed by atoms with Crippen molar-refractivity contribution in [3.8, 4) is 0 Å². The third-order valence-electron chi connectivity index (χ3n) is 1.96. The predicted molar refractivity (Wildman–Crippen MR) is 40.3 cm³/mol. The lowest BCUT2D eigenvalue weighted by Crippen LogP contribution is -2.22. The molecule has 0 radical (unpaired) electrons. The fourth-order valence-electron chi connectivity index (χ4n) is 1.28. The summed E-state index contributed by atoms with van der Waals surface area (Å²) >= 11 is 0. The average Bonchev–Trinajstić information content (AvgIpc) is 2.35. The quantitative estimate of drug-likeness (QED) is 0.633. The number of carbonyl (C=O) groups excluding carboxylic acids is 1. The molecule has 1 fully saturated rings. The van der Waals surface area contributed by atoms with E-state index in [2.05, 4.69) is 0 Å². The second-order valence-corrected chi connectivity index (χ2v) is 3.14. The highest BCUT2D eigenvalue weighted by Crippen LogP contribution is 2.22. The van der Waals surface area contributed by atoms with Crippen LogP contribution in [-0.2, 0) is 9.53 Å². The summed E-state index contributed by atoms with van der Waals surface area (Å²) < 4.78 is 17.1. The maximum absolute atomic E-state index is 12.3. The highest BCUT2D eigenvalue weighted by Gasteiger charge is 2.27. The standard InChI is InChI=1S/C8H13FO3/c1-5(9)8(11)12-7-3-2-6(10)4-7/h5-7,10H,2-4H2,1H3. The number of aliphatic hydroxyl groups excluding tert-OH is 1. The van der Waals surface area contributed by atoms with Crippen LogP contribution in [0.2, 0.25) is 0 Å². The molecule has 3 nitrogen and oxygen atoms in total. The van der Waals surface area contributed by atoms with E-state index in [9.17, 15) is 9.18 Å². The molecule has 1 N–H and O–H groups in total. The van der Waals surface area contributed by atoms with Crippen LogP contribution in [0.1, 0.15) is 26.2 Å². The summed E-state index contributed by atoms with van der Waals surface area (Å²) in [5.74, 6) is -0.825. The fraction of sp³-hybridized carbons (Fsp3) is 0.875. The molecule has 0 bridgehead atoms. The van der Waals surface area contributed by atoms with Crippen molar-refractivity contribution < 1.29 is 19.0 Å². The van der Waals surface area contributed by atoms with Crippen LogP contribution in [0.25, 0.3) is 0 Å². The van der Waals surface area contributed by atoms with Crippen molar-refractivity contribution in [3.63, 3.8) is 0 Å². The van der Waals surface area contributed by atoms with Crippen molar-refractivity contribution in [2.45, 2.75) is 44.6 Å². The number of hydrogen-bond donors (Lipinski definition) is 1. The average molecular weight is 176 g/mol. The minimum Gasteiger partial charge on any atom is -0.460 e. The molecule has 0 aromatic heterocycles. The molecule has 0 aliphatic heterocycles. The lowest BCUT2D eigenvalue weighted by molar-refractivity contribution is -0.154. The Morgan fingerprint density at radius 3 is 2.75 bits per heavy atom. The lowest BCUT2D eigenvalue weighted by Gasteiger charge is -2.11. The van der Waals surface area contributed by atoms with E-state index in [-0.39, 0.29) is 6.10 Å². The molecule has 0 aromatic rings. The SMILES string of the molecule is CC(F)C(=O)OC1CCC(O)C1. The smallest absolute Gasteiger partial charge is 0.340 e. The summed E-state index contributed by atoms with van der Waals surface area (Å²) in [6, 6.07) is 0. The molecule has 0 amide bonds. The molecule has 0 spiro atoms. The lowest BCUT2D eigenvalue weighted by atomic mass is 10.3. The number of rotatable bonds is 2. The summed E-state index contributed by atoms with van der Waals surface area (Å²) in [4.78, 5) is 10.7. The molecule has 1 aliphatic rings. The van der Waals surface area contributed by atoms with Crippen molar-refractivity contribution in [1.29, 1.82) is 0 Å². The molecular weight excluding hydrogens is 163 g/mol. The van der Waals surface area contributed by atoms with E-state index in [1.54, 1.807) is 0 Å². The highest BCUT2D eigenvalue weighted by molar-refractivity contribution is 5.74. The number of halogens is 1. The van der Waals surface area contributed by atoms with E-state index in [1.807, 2.05) is 0 Å². The fourth-order valence-corrected chi connectivity index (χ4v) is 1.28. The Kier molecular flexibility index (Phi) is 3.03. The van der Waals surface area contributed by atoms with Gasteiger partial charge in [-0.15, -0.1) is 0 Å². The van der Waals surface area contributed by atoms with Crippen LogP contribution in [0.3, 0.4) is 0 Å². The van der Waals surface area contributed by atoms with Gasteiger partial charge in [-0.1, -0.05) is 0 Å². The van der Waals surface area contributed by atoms with E-state index in [0.29, 0.717) is 19.3 Å². The Labute approximate surface area is 70.5 Å². The Bertz CT molecular complexity index is 170. The van der Waals surface area contributed by atoms with Crippen molar-refractivity contribution in [3.05, 3.63) is 0 Å². The maximum atomic E-state index is 12.3. The van der Waals surface area contributed by atoms with Gasteiger partial charge in [-0.2, -0.15) is 0 Å². The van der Waals surface area contributed by atoms with Gasteiger partial charge in [0.05, 0.1) is 6.10 Å². The first kappa shape index (κ1) is 9.45. The Morgan fingerprint density at radius 2 is 2.33 bits per heavy atom. The molecule has 3 unspecified atom stereocenters. The number of aliphatic hydroxyl groups is 1. The van der Waals surface area contributed by atoms with Gasteiger partial charge < -0.3 is 9.84 Å². The largest absolute Gasteiger partial charge is 0.460 e. The van der Waals surface area contributed by atoms with Gasteiger partial charge in [-0.05, 0) is 19.8 Å². The molecule has 1 saturated carbocycles. The molecule has 0 heterocycles. The van der Waals surface area contributed by atoms with Crippen LogP contribution in [0.4, 0.5) is 4.39 Å². The van der Waals surface area contributed by atoms with Crippen molar-refractivity contribution >= 4 is 5.97 Å². The Morgan fingerprint density at radius 1 is 1.67 bits per heavy atom. The van der Waals surface area contributed by atoms with Crippen LogP contribution in [0.15, 0.2) is 0 Å². The highest BCUT2D eigenvalue weighted by atomic mass is 19.1. The second kappa shape index (κ2) is 3.85. The van der Waals surface area contributed by atoms with Crippen LogP contribution >= 0.6 is 0 Å². The first-order chi connectivity index (χ1) is 5.59. The Balaban J connectivity index is 2.28. The molecule has 0 aromatic carbocycles. The van der Waals surface area contributed by atoms with Crippen molar-refractivity contribution in [1.82, 2.24) is 0 Å². The minimum atomic E-state index is -1.57. The summed E-state index contributed by atoms with van der Waals surface area (Å²) in [7, 11) is 0. The third kappa shape index (κ3) is 2.44. The van der Waals surface area contributed by atoms with Crippen molar-refractivity contribution in [2.75, 3.05) is 0 Å². The van der Waals surface area contributed by atoms with E-state index < -0.39 is 18.2 Å². The molecule has 3 atom stereocenters. The predicted octanol–water partition coefficient (Wildman–Crippen LogP) is 0.801. The first-order valence-electron chi connectivity index (χ1n) is 4.12. The first-order valence-corrected chi connectivity index (χ1v) is 4.12. The molecule has 70 valence electrons. The van der Waals surface area contributed by atoms with E-state index in [0.717, 1.165) is 6.92 Å². The van der Waals surface area contributed by atoms with E-state index in [4.69, 9.17) is 9.84 Å². The zero-order valence-corrected chi connectivity index (χ0v) is 7.00. The van der Waals surface area contributed by atoms with Gasteiger partial charge in [-0.25, -0.2) is 9.18 Å². The zero-order chi connectivity index (χ0) is 9.14. The minimum absolute atomic E-state index is 0.286. The molecule has 0 saturated heterocycles. The van der Waals surface area contributed by atoms with Gasteiger partial charge in [0.1, 0.15) is 6.10 Å². The maximum Gasteiger partial charge on any atom is 0.340 e. The molecular formula is C8H13FO3. The van der Waals surface area contributed by atoms with Gasteiger partial charge in [0.2, 0.25) is 0 Å². The number of hydrogen-bond acceptors (Lipinski definition) is 3. The van der Waals surface area contributed by atoms with Crippen LogP contribution in [-0.4, -0.2) is 29.5 Å². The monoisotopic (exact) mass is 176 g/mol. The number of alkyl halides is 1. The third-order valence-corrected chi connectivity index (χ3v) is 1.96. The van der Waals surface area contributed by atoms with E-state index >= 15 is 0 Å². The van der Waals surface area contributed by atoms with Gasteiger partial charge in [0.15, 0.2) is 6.17 Å². The van der Waals surface area contributed by atoms with Gasteiger partial charge in [0.25, 0.3) is 0 Å². The summed E-state index contributed by atoms with van der Waals surface area (Å²) in [5.41, 5.74) is 0. The van der Waals surface area contributed by atoms with Gasteiger partial charge in [0, 0.05) is 6.42 Å². The summed E-state index contributed by atoms with van der Waals surface area (Å²) in [6.07, 6.45) is -0.525. The van der Waals surface area contributed by atoms with Crippen LogP contribution in [0.5, 0.6) is 0 Å². The van der Waals surface area contributed by atoms with Gasteiger partial charge in [-0.3, -0.25) is 0 Å². The number of carbonyl (C=O) groups is 1. The Hall–Kier alpha value is -0.640. The molecule has 1 rings (SSSR count). The second-order valence-electron chi connectivity index (χ2n) is 3.14. The van der Waals surface area contributed by atoms with Crippen LogP contribution in [0, 0.1) is 0 Å². The number of ether oxygens (including phenoxy) is 1. The normalized spacial score (nSPS) is 31.6. The molecule has 4 heteroatoms. The van der Waals surface area contributed by atoms with E-state index in [1.165, 1.54) is 0 Å². The number of esters is 1.